The highest BCUT2D eigenvalue weighted by atomic mass is 19.1. The quantitative estimate of drug-likeness (QED) is 0.922. The van der Waals surface area contributed by atoms with Gasteiger partial charge in [-0.25, -0.2) is 4.39 Å². The predicted octanol–water partition coefficient (Wildman–Crippen LogP) is 4.08. The smallest absolute Gasteiger partial charge is 0.161 e. The molecule has 0 aliphatic carbocycles. The van der Waals surface area contributed by atoms with Gasteiger partial charge in [-0.2, -0.15) is 0 Å². The van der Waals surface area contributed by atoms with Crippen LogP contribution in [0.3, 0.4) is 0 Å². The van der Waals surface area contributed by atoms with Gasteiger partial charge in [0.25, 0.3) is 0 Å². The topological polar surface area (TPSA) is 30.5 Å². The third-order valence-electron chi connectivity index (χ3n) is 3.56. The summed E-state index contributed by atoms with van der Waals surface area (Å²) >= 11 is 0. The summed E-state index contributed by atoms with van der Waals surface area (Å²) in [4.78, 5) is 0. The van der Waals surface area contributed by atoms with E-state index >= 15 is 0 Å². The molecule has 21 heavy (non-hydrogen) atoms. The molecule has 1 N–H and O–H groups in total. The molecular formula is C17H18FNO2. The largest absolute Gasteiger partial charge is 0.486 e. The summed E-state index contributed by atoms with van der Waals surface area (Å²) in [6.45, 7) is 5.00. The molecule has 3 nitrogen and oxygen atoms in total. The molecule has 1 heterocycles. The maximum atomic E-state index is 13.9. The third-order valence-corrected chi connectivity index (χ3v) is 3.56. The van der Waals surface area contributed by atoms with E-state index in [-0.39, 0.29) is 11.9 Å². The van der Waals surface area contributed by atoms with E-state index in [4.69, 9.17) is 9.47 Å². The standard InChI is InChI=1S/C17H18FNO2/c1-11-3-5-15(14(18)9-11)19-12(2)13-4-6-16-17(10-13)21-8-7-20-16/h3-6,9-10,12,19H,7-8H2,1-2H3. The lowest BCUT2D eigenvalue weighted by molar-refractivity contribution is 0.171. The maximum absolute atomic E-state index is 13.9. The minimum Gasteiger partial charge on any atom is -0.486 e. The first kappa shape index (κ1) is 13.7. The van der Waals surface area contributed by atoms with Crippen LogP contribution in [0.15, 0.2) is 36.4 Å². The summed E-state index contributed by atoms with van der Waals surface area (Å²) in [5.74, 6) is 1.27. The predicted molar refractivity (Wildman–Crippen MR) is 80.6 cm³/mol. The van der Waals surface area contributed by atoms with Gasteiger partial charge in [0.05, 0.1) is 5.69 Å². The molecule has 1 atom stereocenters. The zero-order valence-corrected chi connectivity index (χ0v) is 12.2. The average molecular weight is 287 g/mol. The normalized spacial score (nSPS) is 14.6. The van der Waals surface area contributed by atoms with Crippen LogP contribution in [-0.2, 0) is 0 Å². The Hall–Kier alpha value is -2.23. The fraction of sp³-hybridized carbons (Fsp3) is 0.294. The van der Waals surface area contributed by atoms with Crippen molar-refractivity contribution in [2.45, 2.75) is 19.9 Å². The third kappa shape index (κ3) is 2.94. The molecule has 0 fully saturated rings. The van der Waals surface area contributed by atoms with E-state index in [1.807, 2.05) is 38.1 Å². The van der Waals surface area contributed by atoms with Crippen LogP contribution < -0.4 is 14.8 Å². The van der Waals surface area contributed by atoms with Crippen molar-refractivity contribution in [1.82, 2.24) is 0 Å². The summed E-state index contributed by atoms with van der Waals surface area (Å²) < 4.78 is 25.0. The number of anilines is 1. The van der Waals surface area contributed by atoms with Crippen LogP contribution >= 0.6 is 0 Å². The van der Waals surface area contributed by atoms with Crippen molar-refractivity contribution < 1.29 is 13.9 Å². The zero-order valence-electron chi connectivity index (χ0n) is 12.2. The van der Waals surface area contributed by atoms with Crippen molar-refractivity contribution in [3.63, 3.8) is 0 Å². The molecule has 110 valence electrons. The van der Waals surface area contributed by atoms with Crippen LogP contribution in [0, 0.1) is 12.7 Å². The van der Waals surface area contributed by atoms with Gasteiger partial charge in [0, 0.05) is 6.04 Å². The van der Waals surface area contributed by atoms with Crippen molar-refractivity contribution in [2.24, 2.45) is 0 Å². The van der Waals surface area contributed by atoms with E-state index in [0.29, 0.717) is 18.9 Å². The van der Waals surface area contributed by atoms with Crippen LogP contribution in [-0.4, -0.2) is 13.2 Å². The van der Waals surface area contributed by atoms with Gasteiger partial charge >= 0.3 is 0 Å². The second-order valence-corrected chi connectivity index (χ2v) is 5.25. The van der Waals surface area contributed by atoms with Gasteiger partial charge in [0.15, 0.2) is 11.5 Å². The Labute approximate surface area is 123 Å². The second kappa shape index (κ2) is 5.64. The number of hydrogen-bond donors (Lipinski definition) is 1. The van der Waals surface area contributed by atoms with Crippen LogP contribution in [0.2, 0.25) is 0 Å². The first-order chi connectivity index (χ1) is 10.1. The number of halogens is 1. The minimum absolute atomic E-state index is 0.0296. The first-order valence-corrected chi connectivity index (χ1v) is 7.06. The molecule has 0 saturated heterocycles. The fourth-order valence-electron chi connectivity index (χ4n) is 2.38. The highest BCUT2D eigenvalue weighted by Crippen LogP contribution is 2.33. The van der Waals surface area contributed by atoms with Crippen LogP contribution in [0.4, 0.5) is 10.1 Å². The lowest BCUT2D eigenvalue weighted by Gasteiger charge is -2.21. The molecule has 0 radical (unpaired) electrons. The summed E-state index contributed by atoms with van der Waals surface area (Å²) in [7, 11) is 0. The molecule has 1 aliphatic heterocycles. The molecular weight excluding hydrogens is 269 g/mol. The number of aryl methyl sites for hydroxylation is 1. The number of fused-ring (bicyclic) bond motifs is 1. The van der Waals surface area contributed by atoms with Crippen molar-refractivity contribution in [1.29, 1.82) is 0 Å². The summed E-state index contributed by atoms with van der Waals surface area (Å²) in [5.41, 5.74) is 2.44. The molecule has 1 aliphatic rings. The zero-order chi connectivity index (χ0) is 14.8. The van der Waals surface area contributed by atoms with E-state index in [0.717, 1.165) is 22.6 Å². The number of rotatable bonds is 3. The highest BCUT2D eigenvalue weighted by molar-refractivity contribution is 5.50. The molecule has 0 saturated carbocycles. The fourth-order valence-corrected chi connectivity index (χ4v) is 2.38. The van der Waals surface area contributed by atoms with Gasteiger partial charge in [-0.1, -0.05) is 12.1 Å². The molecule has 0 amide bonds. The molecule has 0 spiro atoms. The average Bonchev–Trinajstić information content (AvgIpc) is 2.49. The Morgan fingerprint density at radius 1 is 1.05 bits per heavy atom. The molecule has 3 rings (SSSR count). The summed E-state index contributed by atoms with van der Waals surface area (Å²) in [5, 5.41) is 3.19. The van der Waals surface area contributed by atoms with Crippen molar-refractivity contribution in [3.8, 4) is 11.5 Å². The van der Waals surface area contributed by atoms with E-state index in [9.17, 15) is 4.39 Å². The summed E-state index contributed by atoms with van der Waals surface area (Å²) in [6, 6.07) is 11.0. The number of benzene rings is 2. The minimum atomic E-state index is -0.237. The van der Waals surface area contributed by atoms with E-state index in [2.05, 4.69) is 5.32 Å². The van der Waals surface area contributed by atoms with Crippen LogP contribution in [0.5, 0.6) is 11.5 Å². The molecule has 1 unspecified atom stereocenters. The Morgan fingerprint density at radius 3 is 2.57 bits per heavy atom. The lowest BCUT2D eigenvalue weighted by atomic mass is 10.1. The van der Waals surface area contributed by atoms with Gasteiger partial charge in [0.2, 0.25) is 0 Å². The van der Waals surface area contributed by atoms with E-state index < -0.39 is 0 Å². The van der Waals surface area contributed by atoms with E-state index in [1.54, 1.807) is 6.07 Å². The monoisotopic (exact) mass is 287 g/mol. The Kier molecular flexibility index (Phi) is 3.69. The first-order valence-electron chi connectivity index (χ1n) is 7.06. The van der Waals surface area contributed by atoms with Crippen molar-refractivity contribution >= 4 is 5.69 Å². The number of ether oxygens (including phenoxy) is 2. The Balaban J connectivity index is 1.80. The van der Waals surface area contributed by atoms with Gasteiger partial charge < -0.3 is 14.8 Å². The lowest BCUT2D eigenvalue weighted by Crippen LogP contribution is -2.16. The van der Waals surface area contributed by atoms with E-state index in [1.165, 1.54) is 6.07 Å². The van der Waals surface area contributed by atoms with Crippen molar-refractivity contribution in [3.05, 3.63) is 53.3 Å². The van der Waals surface area contributed by atoms with Gasteiger partial charge in [-0.15, -0.1) is 0 Å². The molecule has 2 aromatic rings. The Bertz CT molecular complexity index is 657. The Morgan fingerprint density at radius 2 is 1.81 bits per heavy atom. The molecule has 0 aromatic heterocycles. The molecule has 2 aromatic carbocycles. The molecule has 0 bridgehead atoms. The van der Waals surface area contributed by atoms with Crippen LogP contribution in [0.1, 0.15) is 24.1 Å². The van der Waals surface area contributed by atoms with Gasteiger partial charge in [0.1, 0.15) is 19.0 Å². The second-order valence-electron chi connectivity index (χ2n) is 5.25. The van der Waals surface area contributed by atoms with Gasteiger partial charge in [-0.05, 0) is 49.2 Å². The van der Waals surface area contributed by atoms with Gasteiger partial charge in [-0.3, -0.25) is 0 Å². The number of nitrogens with one attached hydrogen (secondary N) is 1. The molecule has 4 heteroatoms. The summed E-state index contributed by atoms with van der Waals surface area (Å²) in [6.07, 6.45) is 0. The van der Waals surface area contributed by atoms with Crippen molar-refractivity contribution in [2.75, 3.05) is 18.5 Å². The van der Waals surface area contributed by atoms with Crippen LogP contribution in [0.25, 0.3) is 0 Å². The highest BCUT2D eigenvalue weighted by Gasteiger charge is 2.15. The maximum Gasteiger partial charge on any atom is 0.161 e. The SMILES string of the molecule is Cc1ccc(NC(C)c2ccc3c(c2)OCCO3)c(F)c1. The number of hydrogen-bond acceptors (Lipinski definition) is 3.